The smallest absolute Gasteiger partial charge is 0.312 e. The number of likely N-dealkylation sites (tertiary alicyclic amines) is 1. The Morgan fingerprint density at radius 3 is 2.69 bits per heavy atom. The number of rotatable bonds is 15. The van der Waals surface area contributed by atoms with Gasteiger partial charge < -0.3 is 24.4 Å². The zero-order valence-electron chi connectivity index (χ0n) is 21.3. The summed E-state index contributed by atoms with van der Waals surface area (Å²) < 4.78 is 12.0. The molecule has 2 amide bonds. The lowest BCUT2D eigenvalue weighted by atomic mass is 9.70. The molecule has 0 aromatic heterocycles. The Morgan fingerprint density at radius 2 is 2.06 bits per heavy atom. The van der Waals surface area contributed by atoms with E-state index in [1.807, 2.05) is 6.92 Å². The zero-order valence-corrected chi connectivity index (χ0v) is 21.3. The Bertz CT molecular complexity index is 797. The van der Waals surface area contributed by atoms with E-state index in [9.17, 15) is 19.5 Å². The van der Waals surface area contributed by atoms with Gasteiger partial charge in [0, 0.05) is 13.1 Å². The van der Waals surface area contributed by atoms with Crippen LogP contribution in [-0.2, 0) is 23.9 Å². The SMILES string of the molecule is C=CCCCOC(=O)[C@@H]1[C@H]2C(=O)N([C@@H](CC)CO)C(C(=O)N(CC=C)CCCCC)C23CC[C@H]1O3. The minimum absolute atomic E-state index is 0.190. The summed E-state index contributed by atoms with van der Waals surface area (Å²) in [7, 11) is 0. The first-order valence-electron chi connectivity index (χ1n) is 13.2. The third-order valence-corrected chi connectivity index (χ3v) is 7.81. The number of carbonyl (C=O) groups excluding carboxylic acids is 3. The van der Waals surface area contributed by atoms with Gasteiger partial charge in [0.25, 0.3) is 0 Å². The molecule has 8 heteroatoms. The number of hydrogen-bond donors (Lipinski definition) is 1. The Morgan fingerprint density at radius 1 is 1.29 bits per heavy atom. The van der Waals surface area contributed by atoms with Crippen LogP contribution in [-0.4, -0.2) is 82.8 Å². The Kier molecular flexibility index (Phi) is 9.53. The topological polar surface area (TPSA) is 96.4 Å². The van der Waals surface area contributed by atoms with E-state index in [1.54, 1.807) is 17.1 Å². The Balaban J connectivity index is 1.94. The Labute approximate surface area is 209 Å². The monoisotopic (exact) mass is 490 g/mol. The molecule has 0 aromatic rings. The molecule has 0 aliphatic carbocycles. The molecule has 3 rings (SSSR count). The molecule has 2 unspecified atom stereocenters. The second-order valence-electron chi connectivity index (χ2n) is 9.92. The van der Waals surface area contributed by atoms with Crippen LogP contribution in [0.3, 0.4) is 0 Å². The van der Waals surface area contributed by atoms with E-state index < -0.39 is 41.6 Å². The first-order valence-corrected chi connectivity index (χ1v) is 13.2. The molecule has 0 aromatic carbocycles. The summed E-state index contributed by atoms with van der Waals surface area (Å²) in [5.74, 6) is -2.42. The summed E-state index contributed by atoms with van der Waals surface area (Å²) in [5, 5.41) is 10.1. The molecule has 3 aliphatic rings. The largest absolute Gasteiger partial charge is 0.465 e. The van der Waals surface area contributed by atoms with Crippen LogP contribution in [0.15, 0.2) is 25.3 Å². The highest BCUT2D eigenvalue weighted by Gasteiger charge is 2.75. The molecule has 3 aliphatic heterocycles. The molecule has 35 heavy (non-hydrogen) atoms. The zero-order chi connectivity index (χ0) is 25.6. The van der Waals surface area contributed by atoms with Crippen molar-refractivity contribution < 1.29 is 29.0 Å². The summed E-state index contributed by atoms with van der Waals surface area (Å²) >= 11 is 0. The summed E-state index contributed by atoms with van der Waals surface area (Å²) in [6.07, 6.45) is 8.93. The molecule has 3 heterocycles. The number of allylic oxidation sites excluding steroid dienone is 1. The van der Waals surface area contributed by atoms with E-state index in [1.165, 1.54) is 4.90 Å². The number of esters is 1. The minimum Gasteiger partial charge on any atom is -0.465 e. The fourth-order valence-corrected chi connectivity index (χ4v) is 6.11. The molecule has 3 fully saturated rings. The van der Waals surface area contributed by atoms with Crippen LogP contribution >= 0.6 is 0 Å². The van der Waals surface area contributed by atoms with Gasteiger partial charge in [-0.1, -0.05) is 38.8 Å². The fraction of sp³-hybridized carbons (Fsp3) is 0.741. The maximum Gasteiger partial charge on any atom is 0.312 e. The van der Waals surface area contributed by atoms with E-state index in [2.05, 4.69) is 20.1 Å². The molecule has 0 saturated carbocycles. The maximum absolute atomic E-state index is 14.1. The predicted molar refractivity (Wildman–Crippen MR) is 132 cm³/mol. The molecule has 8 nitrogen and oxygen atoms in total. The van der Waals surface area contributed by atoms with Crippen molar-refractivity contribution in [3.05, 3.63) is 25.3 Å². The highest BCUT2D eigenvalue weighted by atomic mass is 16.6. The van der Waals surface area contributed by atoms with Gasteiger partial charge in [0.05, 0.1) is 37.2 Å². The molecule has 1 spiro atoms. The van der Waals surface area contributed by atoms with Gasteiger partial charge in [0.1, 0.15) is 11.6 Å². The van der Waals surface area contributed by atoms with Crippen molar-refractivity contribution in [1.29, 1.82) is 0 Å². The molecule has 6 atom stereocenters. The van der Waals surface area contributed by atoms with E-state index >= 15 is 0 Å². The summed E-state index contributed by atoms with van der Waals surface area (Å²) in [6, 6.07) is -1.40. The lowest BCUT2D eigenvalue weighted by Crippen LogP contribution is -2.58. The van der Waals surface area contributed by atoms with Crippen molar-refractivity contribution in [3.8, 4) is 0 Å². The summed E-state index contributed by atoms with van der Waals surface area (Å²) in [6.45, 7) is 12.4. The number of ether oxygens (including phenoxy) is 2. The third-order valence-electron chi connectivity index (χ3n) is 7.81. The van der Waals surface area contributed by atoms with Crippen LogP contribution in [0.1, 0.15) is 65.2 Å². The molecule has 1 N–H and O–H groups in total. The minimum atomic E-state index is -1.07. The highest BCUT2D eigenvalue weighted by molar-refractivity contribution is 5.98. The van der Waals surface area contributed by atoms with Crippen LogP contribution in [0.2, 0.25) is 0 Å². The second kappa shape index (κ2) is 12.2. The van der Waals surface area contributed by atoms with E-state index in [0.29, 0.717) is 38.8 Å². The average Bonchev–Trinajstić information content (AvgIpc) is 3.49. The normalized spacial score (nSPS) is 29.7. The first-order chi connectivity index (χ1) is 16.9. The fourth-order valence-electron chi connectivity index (χ4n) is 6.11. The van der Waals surface area contributed by atoms with Crippen molar-refractivity contribution in [1.82, 2.24) is 9.80 Å². The number of unbranched alkanes of at least 4 members (excludes halogenated alkanes) is 3. The summed E-state index contributed by atoms with van der Waals surface area (Å²) in [5.41, 5.74) is -1.07. The van der Waals surface area contributed by atoms with Gasteiger partial charge >= 0.3 is 5.97 Å². The second-order valence-corrected chi connectivity index (χ2v) is 9.92. The maximum atomic E-state index is 14.1. The van der Waals surface area contributed by atoms with E-state index in [0.717, 1.165) is 25.7 Å². The number of amides is 2. The van der Waals surface area contributed by atoms with Gasteiger partial charge in [-0.15, -0.1) is 13.2 Å². The number of aliphatic hydroxyl groups is 1. The standard InChI is InChI=1S/C27H42N2O6/c1-5-9-11-16-28(15-7-3)25(32)23-27-14-13-20(35-27)21(26(33)34-17-12-10-6-2)22(27)24(31)29(23)19(8-4)18-30/h6-7,19-23,30H,2-3,5,8-18H2,1,4H3/t19-,20+,21-,22-,23?,27?/m0/s1. The molecular formula is C27H42N2O6. The van der Waals surface area contributed by atoms with Gasteiger partial charge in [-0.2, -0.15) is 0 Å². The Hall–Kier alpha value is -2.19. The first kappa shape index (κ1) is 27.4. The molecule has 2 bridgehead atoms. The quantitative estimate of drug-likeness (QED) is 0.215. The van der Waals surface area contributed by atoms with Crippen molar-refractivity contribution in [2.45, 2.75) is 89.0 Å². The molecular weight excluding hydrogens is 448 g/mol. The van der Waals surface area contributed by atoms with E-state index in [-0.39, 0.29) is 25.0 Å². The number of hydrogen-bond acceptors (Lipinski definition) is 6. The van der Waals surface area contributed by atoms with Gasteiger partial charge in [-0.05, 0) is 38.5 Å². The molecule has 3 saturated heterocycles. The van der Waals surface area contributed by atoms with Crippen LogP contribution in [0.4, 0.5) is 0 Å². The van der Waals surface area contributed by atoms with E-state index in [4.69, 9.17) is 9.47 Å². The summed E-state index contributed by atoms with van der Waals surface area (Å²) in [4.78, 5) is 44.4. The number of fused-ring (bicyclic) bond motifs is 1. The highest BCUT2D eigenvalue weighted by Crippen LogP contribution is 2.59. The average molecular weight is 491 g/mol. The van der Waals surface area contributed by atoms with Crippen LogP contribution in [0.5, 0.6) is 0 Å². The van der Waals surface area contributed by atoms with Gasteiger partial charge in [0.2, 0.25) is 11.8 Å². The van der Waals surface area contributed by atoms with Crippen molar-refractivity contribution in [3.63, 3.8) is 0 Å². The lowest BCUT2D eigenvalue weighted by molar-refractivity contribution is -0.156. The van der Waals surface area contributed by atoms with Crippen molar-refractivity contribution in [2.24, 2.45) is 11.8 Å². The molecule has 196 valence electrons. The van der Waals surface area contributed by atoms with Gasteiger partial charge in [-0.3, -0.25) is 14.4 Å². The lowest BCUT2D eigenvalue weighted by Gasteiger charge is -2.39. The van der Waals surface area contributed by atoms with Crippen LogP contribution in [0, 0.1) is 11.8 Å². The molecule has 0 radical (unpaired) electrons. The van der Waals surface area contributed by atoms with Crippen LogP contribution in [0.25, 0.3) is 0 Å². The van der Waals surface area contributed by atoms with Gasteiger partial charge in [-0.25, -0.2) is 0 Å². The number of carbonyl (C=O) groups is 3. The van der Waals surface area contributed by atoms with Crippen LogP contribution < -0.4 is 0 Å². The number of aliphatic hydroxyl groups excluding tert-OH is 1. The number of nitrogens with zero attached hydrogens (tertiary/aromatic N) is 2. The van der Waals surface area contributed by atoms with Gasteiger partial charge in [0.15, 0.2) is 0 Å². The van der Waals surface area contributed by atoms with Crippen molar-refractivity contribution in [2.75, 3.05) is 26.3 Å². The van der Waals surface area contributed by atoms with Crippen molar-refractivity contribution >= 4 is 17.8 Å². The third kappa shape index (κ3) is 5.05. The predicted octanol–water partition coefficient (Wildman–Crippen LogP) is 2.85.